The lowest BCUT2D eigenvalue weighted by Gasteiger charge is -2.07. The van der Waals surface area contributed by atoms with Crippen LogP contribution in [0.15, 0.2) is 18.3 Å². The molecule has 1 aromatic carbocycles. The highest BCUT2D eigenvalue weighted by Gasteiger charge is 2.14. The van der Waals surface area contributed by atoms with Gasteiger partial charge in [-0.05, 0) is 19.1 Å². The van der Waals surface area contributed by atoms with Gasteiger partial charge in [-0.25, -0.2) is 9.18 Å². The summed E-state index contributed by atoms with van der Waals surface area (Å²) in [6, 6.07) is 2.47. The maximum atomic E-state index is 13.5. The lowest BCUT2D eigenvalue weighted by molar-refractivity contribution is 0.0699. The summed E-state index contributed by atoms with van der Waals surface area (Å²) in [4.78, 5) is 14.9. The second kappa shape index (κ2) is 3.44. The number of hydrogen-bond acceptors (Lipinski definition) is 3. The Morgan fingerprint density at radius 2 is 2.25 bits per heavy atom. The highest BCUT2D eigenvalue weighted by atomic mass is 19.1. The molecule has 0 spiro atoms. The smallest absolute Gasteiger partial charge is 0.336 e. The van der Waals surface area contributed by atoms with Crippen molar-refractivity contribution in [2.45, 2.75) is 6.92 Å². The molecule has 1 heterocycles. The minimum absolute atomic E-state index is 0.00407. The normalized spacial score (nSPS) is 10.6. The van der Waals surface area contributed by atoms with Gasteiger partial charge in [0.15, 0.2) is 0 Å². The van der Waals surface area contributed by atoms with Gasteiger partial charge in [0.2, 0.25) is 0 Å². The first-order valence-corrected chi connectivity index (χ1v) is 4.59. The van der Waals surface area contributed by atoms with E-state index in [-0.39, 0.29) is 22.2 Å². The summed E-state index contributed by atoms with van der Waals surface area (Å²) >= 11 is 0. The van der Waals surface area contributed by atoms with Gasteiger partial charge in [0, 0.05) is 17.1 Å². The molecule has 0 atom stereocenters. The largest absolute Gasteiger partial charge is 0.478 e. The van der Waals surface area contributed by atoms with Crippen molar-refractivity contribution in [3.05, 3.63) is 35.3 Å². The number of benzene rings is 1. The van der Waals surface area contributed by atoms with Crippen molar-refractivity contribution in [3.63, 3.8) is 0 Å². The quantitative estimate of drug-likeness (QED) is 0.720. The van der Waals surface area contributed by atoms with Crippen molar-refractivity contribution < 1.29 is 14.3 Å². The van der Waals surface area contributed by atoms with Crippen molar-refractivity contribution in [2.75, 3.05) is 5.73 Å². The standard InChI is InChI=1S/C11H9FN2O2/c1-5-8(12)4-7-6(11(15)16)2-3-14-10(7)9(5)13/h2-4H,13H2,1H3,(H,15,16). The highest BCUT2D eigenvalue weighted by molar-refractivity contribution is 6.05. The van der Waals surface area contributed by atoms with E-state index in [0.29, 0.717) is 5.52 Å². The van der Waals surface area contributed by atoms with Gasteiger partial charge < -0.3 is 10.8 Å². The SMILES string of the molecule is Cc1c(F)cc2c(C(=O)O)ccnc2c1N. The third-order valence-corrected chi connectivity index (χ3v) is 2.51. The number of hydrogen-bond donors (Lipinski definition) is 2. The number of pyridine rings is 1. The zero-order chi connectivity index (χ0) is 11.9. The molecule has 16 heavy (non-hydrogen) atoms. The van der Waals surface area contributed by atoms with E-state index in [9.17, 15) is 9.18 Å². The van der Waals surface area contributed by atoms with Crippen LogP contribution >= 0.6 is 0 Å². The number of aromatic nitrogens is 1. The molecule has 0 bridgehead atoms. The summed E-state index contributed by atoms with van der Waals surface area (Å²) in [7, 11) is 0. The molecule has 0 radical (unpaired) electrons. The van der Waals surface area contributed by atoms with Crippen molar-refractivity contribution in [2.24, 2.45) is 0 Å². The monoisotopic (exact) mass is 220 g/mol. The van der Waals surface area contributed by atoms with Crippen molar-refractivity contribution >= 4 is 22.6 Å². The first kappa shape index (κ1) is 10.4. The molecule has 3 N–H and O–H groups in total. The summed E-state index contributed by atoms with van der Waals surface area (Å²) in [5, 5.41) is 9.16. The van der Waals surface area contributed by atoms with E-state index in [1.807, 2.05) is 0 Å². The molecule has 0 aliphatic rings. The molecule has 4 nitrogen and oxygen atoms in total. The predicted octanol–water partition coefficient (Wildman–Crippen LogP) is 1.96. The fourth-order valence-corrected chi connectivity index (χ4v) is 1.56. The van der Waals surface area contributed by atoms with E-state index in [4.69, 9.17) is 10.8 Å². The molecular weight excluding hydrogens is 211 g/mol. The first-order valence-electron chi connectivity index (χ1n) is 4.59. The minimum atomic E-state index is -1.13. The lowest BCUT2D eigenvalue weighted by atomic mass is 10.0. The fraction of sp³-hybridized carbons (Fsp3) is 0.0909. The van der Waals surface area contributed by atoms with Crippen LogP contribution in [0.1, 0.15) is 15.9 Å². The molecule has 0 fully saturated rings. The zero-order valence-electron chi connectivity index (χ0n) is 8.49. The highest BCUT2D eigenvalue weighted by Crippen LogP contribution is 2.27. The Morgan fingerprint density at radius 3 is 2.88 bits per heavy atom. The van der Waals surface area contributed by atoms with Crippen LogP contribution in [0.4, 0.5) is 10.1 Å². The summed E-state index contributed by atoms with van der Waals surface area (Å²) < 4.78 is 13.5. The van der Waals surface area contributed by atoms with Gasteiger partial charge >= 0.3 is 5.97 Å². The molecular formula is C11H9FN2O2. The number of carboxylic acid groups (broad SMARTS) is 1. The molecule has 82 valence electrons. The van der Waals surface area contributed by atoms with E-state index < -0.39 is 11.8 Å². The molecule has 0 aliphatic carbocycles. The van der Waals surface area contributed by atoms with Gasteiger partial charge in [-0.2, -0.15) is 0 Å². The third-order valence-electron chi connectivity index (χ3n) is 2.51. The molecule has 0 unspecified atom stereocenters. The van der Waals surface area contributed by atoms with E-state index in [0.717, 1.165) is 6.07 Å². The number of carbonyl (C=O) groups is 1. The number of nitrogen functional groups attached to an aromatic ring is 1. The van der Waals surface area contributed by atoms with E-state index >= 15 is 0 Å². The van der Waals surface area contributed by atoms with Gasteiger partial charge in [-0.1, -0.05) is 0 Å². The maximum absolute atomic E-state index is 13.5. The average molecular weight is 220 g/mol. The Hall–Kier alpha value is -2.17. The molecule has 2 aromatic rings. The number of nitrogens with zero attached hydrogens (tertiary/aromatic N) is 1. The Bertz CT molecular complexity index is 596. The molecule has 2 rings (SSSR count). The lowest BCUT2D eigenvalue weighted by Crippen LogP contribution is -2.02. The van der Waals surface area contributed by atoms with Crippen LogP contribution in [0.5, 0.6) is 0 Å². The van der Waals surface area contributed by atoms with Gasteiger partial charge in [0.1, 0.15) is 5.82 Å². The van der Waals surface area contributed by atoms with Gasteiger partial charge in [0.05, 0.1) is 16.8 Å². The summed E-state index contributed by atoms with van der Waals surface area (Å²) in [5.74, 6) is -1.66. The van der Waals surface area contributed by atoms with Crippen molar-refractivity contribution in [1.82, 2.24) is 4.98 Å². The molecule has 0 saturated heterocycles. The van der Waals surface area contributed by atoms with Crippen LogP contribution in [-0.2, 0) is 0 Å². The summed E-state index contributed by atoms with van der Waals surface area (Å²) in [6.07, 6.45) is 1.35. The van der Waals surface area contributed by atoms with Crippen molar-refractivity contribution in [1.29, 1.82) is 0 Å². The molecule has 0 saturated carbocycles. The zero-order valence-corrected chi connectivity index (χ0v) is 8.49. The molecule has 1 aromatic heterocycles. The van der Waals surface area contributed by atoms with E-state index in [2.05, 4.69) is 4.98 Å². The summed E-state index contributed by atoms with van der Waals surface area (Å²) in [6.45, 7) is 1.53. The van der Waals surface area contributed by atoms with Gasteiger partial charge in [-0.15, -0.1) is 0 Å². The maximum Gasteiger partial charge on any atom is 0.336 e. The van der Waals surface area contributed by atoms with Crippen molar-refractivity contribution in [3.8, 4) is 0 Å². The Balaban J connectivity index is 2.95. The Kier molecular flexibility index (Phi) is 2.23. The molecule has 5 heteroatoms. The van der Waals surface area contributed by atoms with E-state index in [1.54, 1.807) is 0 Å². The van der Waals surface area contributed by atoms with E-state index in [1.165, 1.54) is 19.2 Å². The number of carboxylic acids is 1. The summed E-state index contributed by atoms with van der Waals surface area (Å²) in [5.41, 5.74) is 6.47. The second-order valence-corrected chi connectivity index (χ2v) is 3.46. The molecule has 0 aliphatic heterocycles. The second-order valence-electron chi connectivity index (χ2n) is 3.46. The number of aromatic carboxylic acids is 1. The number of rotatable bonds is 1. The van der Waals surface area contributed by atoms with Crippen LogP contribution in [0.25, 0.3) is 10.9 Å². The van der Waals surface area contributed by atoms with Crippen LogP contribution in [0.2, 0.25) is 0 Å². The van der Waals surface area contributed by atoms with Crippen LogP contribution < -0.4 is 5.73 Å². The van der Waals surface area contributed by atoms with Gasteiger partial charge in [-0.3, -0.25) is 4.98 Å². The molecule has 0 amide bonds. The minimum Gasteiger partial charge on any atom is -0.478 e. The number of anilines is 1. The van der Waals surface area contributed by atoms with Crippen LogP contribution in [0.3, 0.4) is 0 Å². The average Bonchev–Trinajstić information content (AvgIpc) is 2.25. The third kappa shape index (κ3) is 1.37. The number of fused-ring (bicyclic) bond motifs is 1. The topological polar surface area (TPSA) is 76.2 Å². The predicted molar refractivity (Wildman–Crippen MR) is 57.8 cm³/mol. The number of nitrogens with two attached hydrogens (primary N) is 1. The van der Waals surface area contributed by atoms with Crippen LogP contribution in [-0.4, -0.2) is 16.1 Å². The number of halogens is 1. The van der Waals surface area contributed by atoms with Gasteiger partial charge in [0.25, 0.3) is 0 Å². The Morgan fingerprint density at radius 1 is 1.56 bits per heavy atom. The fourth-order valence-electron chi connectivity index (χ4n) is 1.56. The first-order chi connectivity index (χ1) is 7.52. The van der Waals surface area contributed by atoms with Crippen LogP contribution in [0, 0.1) is 12.7 Å². The Labute approximate surface area is 90.5 Å².